The number of nitrogens with zero attached hydrogens (tertiary/aromatic N) is 1. The number of nitrogens with one attached hydrogen (secondary N) is 1. The van der Waals surface area contributed by atoms with Crippen molar-refractivity contribution in [3.63, 3.8) is 0 Å². The lowest BCUT2D eigenvalue weighted by molar-refractivity contribution is -0.139. The molecule has 0 bridgehead atoms. The van der Waals surface area contributed by atoms with E-state index in [0.717, 1.165) is 34.0 Å². The van der Waals surface area contributed by atoms with E-state index in [4.69, 9.17) is 0 Å². The smallest absolute Gasteiger partial charge is 0.311 e. The van der Waals surface area contributed by atoms with E-state index < -0.39 is 5.97 Å². The second-order valence-electron chi connectivity index (χ2n) is 6.14. The highest BCUT2D eigenvalue weighted by atomic mass is 32.2. The molecule has 0 atom stereocenters. The molecule has 0 aliphatic heterocycles. The number of rotatable bonds is 6. The van der Waals surface area contributed by atoms with Crippen LogP contribution < -0.4 is 5.56 Å². The number of esters is 1. The largest absolute Gasteiger partial charge is 0.469 e. The monoisotopic (exact) mass is 374 g/mol. The molecule has 2 rings (SSSR count). The summed E-state index contributed by atoms with van der Waals surface area (Å²) in [6, 6.07) is 3.26. The van der Waals surface area contributed by atoms with Crippen molar-refractivity contribution in [2.75, 3.05) is 12.9 Å². The van der Waals surface area contributed by atoms with Gasteiger partial charge in [0, 0.05) is 11.6 Å². The van der Waals surface area contributed by atoms with E-state index in [1.807, 2.05) is 33.8 Å². The Kier molecular flexibility index (Phi) is 6.37. The van der Waals surface area contributed by atoms with Crippen molar-refractivity contribution in [1.29, 1.82) is 0 Å². The second kappa shape index (κ2) is 8.31. The summed E-state index contributed by atoms with van der Waals surface area (Å²) >= 11 is 1.15. The SMILES string of the molecule is COC(=O)Cc1cc(=O)[nH]c(SCC(=O)c2c(C)cc(C)c(C)c2C)n1. The average Bonchev–Trinajstić information content (AvgIpc) is 2.57. The number of H-pyrrole nitrogens is 1. The van der Waals surface area contributed by atoms with Gasteiger partial charge in [0.15, 0.2) is 10.9 Å². The molecular formula is C19H22N2O4S. The van der Waals surface area contributed by atoms with Gasteiger partial charge in [-0.3, -0.25) is 14.4 Å². The van der Waals surface area contributed by atoms with Crippen LogP contribution in [0.15, 0.2) is 22.1 Å². The Morgan fingerprint density at radius 1 is 1.12 bits per heavy atom. The zero-order valence-electron chi connectivity index (χ0n) is 15.6. The number of thioether (sulfide) groups is 1. The lowest BCUT2D eigenvalue weighted by Gasteiger charge is -2.14. The minimum absolute atomic E-state index is 0.0193. The van der Waals surface area contributed by atoms with Crippen LogP contribution in [0.5, 0.6) is 0 Å². The molecule has 1 aromatic heterocycles. The summed E-state index contributed by atoms with van der Waals surface area (Å²) in [7, 11) is 1.28. The molecular weight excluding hydrogens is 352 g/mol. The van der Waals surface area contributed by atoms with Crippen LogP contribution >= 0.6 is 11.8 Å². The van der Waals surface area contributed by atoms with Crippen LogP contribution in [0.2, 0.25) is 0 Å². The molecule has 1 heterocycles. The number of benzene rings is 1. The maximum Gasteiger partial charge on any atom is 0.311 e. The molecule has 0 aliphatic rings. The number of Topliss-reactive ketones (excluding diaryl/α,β-unsaturated/α-hetero) is 1. The first kappa shape index (κ1) is 19.9. The Bertz CT molecular complexity index is 918. The van der Waals surface area contributed by atoms with E-state index in [2.05, 4.69) is 14.7 Å². The second-order valence-corrected chi connectivity index (χ2v) is 7.11. The minimum Gasteiger partial charge on any atom is -0.469 e. The van der Waals surface area contributed by atoms with Crippen LogP contribution in [0.1, 0.15) is 38.3 Å². The molecule has 1 aromatic carbocycles. The van der Waals surface area contributed by atoms with Gasteiger partial charge in [0.05, 0.1) is 25.0 Å². The zero-order valence-corrected chi connectivity index (χ0v) is 16.4. The van der Waals surface area contributed by atoms with E-state index >= 15 is 0 Å². The molecule has 0 amide bonds. The number of aromatic nitrogens is 2. The maximum absolute atomic E-state index is 12.7. The van der Waals surface area contributed by atoms with Crippen molar-refractivity contribution in [3.05, 3.63) is 56.0 Å². The summed E-state index contributed by atoms with van der Waals surface area (Å²) in [4.78, 5) is 42.6. The molecule has 0 unspecified atom stereocenters. The summed E-state index contributed by atoms with van der Waals surface area (Å²) in [6.07, 6.45) is -0.0860. The quantitative estimate of drug-likeness (QED) is 0.362. The predicted octanol–water partition coefficient (Wildman–Crippen LogP) is 2.69. The Hall–Kier alpha value is -2.41. The summed E-state index contributed by atoms with van der Waals surface area (Å²) < 4.78 is 4.58. The number of hydrogen-bond donors (Lipinski definition) is 1. The highest BCUT2D eigenvalue weighted by molar-refractivity contribution is 7.99. The van der Waals surface area contributed by atoms with Crippen LogP contribution in [0.25, 0.3) is 0 Å². The van der Waals surface area contributed by atoms with Crippen LogP contribution in [-0.2, 0) is 16.0 Å². The van der Waals surface area contributed by atoms with Gasteiger partial charge in [-0.1, -0.05) is 17.8 Å². The molecule has 26 heavy (non-hydrogen) atoms. The first-order valence-electron chi connectivity index (χ1n) is 8.13. The van der Waals surface area contributed by atoms with Crippen molar-refractivity contribution in [2.45, 2.75) is 39.3 Å². The molecule has 0 spiro atoms. The highest BCUT2D eigenvalue weighted by Gasteiger charge is 2.16. The fourth-order valence-electron chi connectivity index (χ4n) is 2.78. The standard InChI is InChI=1S/C19H22N2O4S/c1-10-6-11(2)18(13(4)12(10)3)15(22)9-26-19-20-14(7-16(23)21-19)8-17(24)25-5/h6-7H,8-9H2,1-5H3,(H,20,21,23). The van der Waals surface area contributed by atoms with Crippen molar-refractivity contribution in [2.24, 2.45) is 0 Å². The van der Waals surface area contributed by atoms with Crippen LogP contribution in [-0.4, -0.2) is 34.6 Å². The number of ketones is 1. The van der Waals surface area contributed by atoms with Crippen LogP contribution in [0.4, 0.5) is 0 Å². The number of aromatic amines is 1. The van der Waals surface area contributed by atoms with E-state index in [1.165, 1.54) is 13.2 Å². The van der Waals surface area contributed by atoms with Gasteiger partial charge in [-0.15, -0.1) is 0 Å². The number of ether oxygens (including phenoxy) is 1. The van der Waals surface area contributed by atoms with Crippen LogP contribution in [0.3, 0.4) is 0 Å². The molecule has 6 nitrogen and oxygen atoms in total. The van der Waals surface area contributed by atoms with E-state index in [0.29, 0.717) is 16.4 Å². The first-order chi connectivity index (χ1) is 12.2. The minimum atomic E-state index is -0.475. The van der Waals surface area contributed by atoms with Gasteiger partial charge in [-0.05, 0) is 49.9 Å². The van der Waals surface area contributed by atoms with Crippen LogP contribution in [0, 0.1) is 27.7 Å². The Balaban J connectivity index is 2.19. The maximum atomic E-state index is 12.7. The molecule has 0 saturated heterocycles. The molecule has 1 N–H and O–H groups in total. The van der Waals surface area contributed by atoms with Gasteiger partial charge >= 0.3 is 5.97 Å². The molecule has 0 radical (unpaired) electrons. The summed E-state index contributed by atoms with van der Waals surface area (Å²) in [5.41, 5.74) is 4.85. The van der Waals surface area contributed by atoms with Gasteiger partial charge < -0.3 is 9.72 Å². The van der Waals surface area contributed by atoms with Crippen molar-refractivity contribution in [3.8, 4) is 0 Å². The third-order valence-electron chi connectivity index (χ3n) is 4.30. The van der Waals surface area contributed by atoms with Gasteiger partial charge in [0.1, 0.15) is 0 Å². The Morgan fingerprint density at radius 3 is 2.46 bits per heavy atom. The van der Waals surface area contributed by atoms with Crippen molar-refractivity contribution < 1.29 is 14.3 Å². The third kappa shape index (κ3) is 4.60. The predicted molar refractivity (Wildman–Crippen MR) is 101 cm³/mol. The first-order valence-corrected chi connectivity index (χ1v) is 9.12. The average molecular weight is 374 g/mol. The normalized spacial score (nSPS) is 10.7. The van der Waals surface area contributed by atoms with E-state index in [1.54, 1.807) is 0 Å². The fourth-order valence-corrected chi connectivity index (χ4v) is 3.55. The lowest BCUT2D eigenvalue weighted by Crippen LogP contribution is -2.15. The van der Waals surface area contributed by atoms with Crippen molar-refractivity contribution in [1.82, 2.24) is 9.97 Å². The number of carbonyl (C=O) groups excluding carboxylic acids is 2. The fraction of sp³-hybridized carbons (Fsp3) is 0.368. The summed E-state index contributed by atoms with van der Waals surface area (Å²) in [5.74, 6) is -0.347. The zero-order chi connectivity index (χ0) is 19.4. The van der Waals surface area contributed by atoms with E-state index in [9.17, 15) is 14.4 Å². The molecule has 0 saturated carbocycles. The Morgan fingerprint density at radius 2 is 1.81 bits per heavy atom. The Labute approximate surface area is 156 Å². The topological polar surface area (TPSA) is 89.1 Å². The lowest BCUT2D eigenvalue weighted by atomic mass is 9.92. The molecule has 2 aromatic rings. The molecule has 7 heteroatoms. The molecule has 0 fully saturated rings. The molecule has 0 aliphatic carbocycles. The number of aryl methyl sites for hydroxylation is 2. The number of methoxy groups -OCH3 is 1. The summed E-state index contributed by atoms with van der Waals surface area (Å²) in [5, 5.41) is 0.309. The van der Waals surface area contributed by atoms with E-state index in [-0.39, 0.29) is 23.5 Å². The van der Waals surface area contributed by atoms with Gasteiger partial charge in [0.2, 0.25) is 0 Å². The van der Waals surface area contributed by atoms with Gasteiger partial charge in [-0.25, -0.2) is 4.98 Å². The van der Waals surface area contributed by atoms with Gasteiger partial charge in [0.25, 0.3) is 5.56 Å². The third-order valence-corrected chi connectivity index (χ3v) is 5.17. The van der Waals surface area contributed by atoms with Crippen molar-refractivity contribution >= 4 is 23.5 Å². The number of carbonyl (C=O) groups is 2. The summed E-state index contributed by atoms with van der Waals surface area (Å²) in [6.45, 7) is 7.90. The van der Waals surface area contributed by atoms with Gasteiger partial charge in [-0.2, -0.15) is 0 Å². The molecule has 138 valence electrons. The number of hydrogen-bond acceptors (Lipinski definition) is 6. The highest BCUT2D eigenvalue weighted by Crippen LogP contribution is 2.24.